The van der Waals surface area contributed by atoms with Crippen LogP contribution in [0.4, 0.5) is 11.5 Å². The summed E-state index contributed by atoms with van der Waals surface area (Å²) in [7, 11) is 0. The fourth-order valence-corrected chi connectivity index (χ4v) is 3.91. The number of nitrogens with two attached hydrogens (primary N) is 3. The van der Waals surface area contributed by atoms with Crippen molar-refractivity contribution in [2.24, 2.45) is 17.2 Å². The second kappa shape index (κ2) is 12.2. The average molecular weight is 506 g/mol. The van der Waals surface area contributed by atoms with Crippen LogP contribution in [0.2, 0.25) is 0 Å². The molecule has 12 heteroatoms. The number of imidazole rings is 1. The van der Waals surface area contributed by atoms with Gasteiger partial charge in [0.1, 0.15) is 0 Å². The molecule has 4 aromatic rings. The zero-order valence-electron chi connectivity index (χ0n) is 20.4. The molecule has 0 spiro atoms. The number of fused-ring (bicyclic) bond motifs is 1. The van der Waals surface area contributed by atoms with Gasteiger partial charge in [-0.3, -0.25) is 9.59 Å². The molecule has 1 atom stereocenters. The maximum atomic E-state index is 13.3. The molecule has 0 fully saturated rings. The topological polar surface area (TPSA) is 193 Å². The lowest BCUT2D eigenvalue weighted by atomic mass is 10.1. The molecule has 1 unspecified atom stereocenters. The van der Waals surface area contributed by atoms with Crippen LogP contribution in [0.1, 0.15) is 29.6 Å². The Morgan fingerprint density at radius 2 is 1.78 bits per heavy atom. The molecule has 2 aromatic heterocycles. The number of Topliss-reactive ketones (excluding diaryl/α,β-unsaturated/α-hetero) is 1. The fraction of sp³-hybridized carbons (Fsp3) is 0.320. The highest BCUT2D eigenvalue weighted by molar-refractivity contribution is 5.99. The first kappa shape index (κ1) is 25.9. The minimum atomic E-state index is -0.615. The predicted molar refractivity (Wildman–Crippen MR) is 141 cm³/mol. The first-order valence-electron chi connectivity index (χ1n) is 12.1. The van der Waals surface area contributed by atoms with E-state index < -0.39 is 6.04 Å². The van der Waals surface area contributed by atoms with Gasteiger partial charge in [0.2, 0.25) is 11.7 Å². The van der Waals surface area contributed by atoms with Gasteiger partial charge >= 0.3 is 0 Å². The number of ketones is 1. The lowest BCUT2D eigenvalue weighted by Crippen LogP contribution is -2.35. The Morgan fingerprint density at radius 1 is 1.00 bits per heavy atom. The molecule has 0 saturated carbocycles. The van der Waals surface area contributed by atoms with E-state index in [9.17, 15) is 9.59 Å². The molecule has 194 valence electrons. The Kier molecular flexibility index (Phi) is 8.56. The van der Waals surface area contributed by atoms with Gasteiger partial charge in [0.25, 0.3) is 0 Å². The van der Waals surface area contributed by atoms with E-state index >= 15 is 0 Å². The Morgan fingerprint density at radius 3 is 2.54 bits per heavy atom. The van der Waals surface area contributed by atoms with Crippen LogP contribution in [0.15, 0.2) is 53.2 Å². The summed E-state index contributed by atoms with van der Waals surface area (Å²) in [5, 5.41) is 13.8. The van der Waals surface area contributed by atoms with Crippen molar-refractivity contribution in [3.05, 3.63) is 54.1 Å². The van der Waals surface area contributed by atoms with Gasteiger partial charge < -0.3 is 32.4 Å². The van der Waals surface area contributed by atoms with Gasteiger partial charge in [-0.15, -0.1) is 0 Å². The van der Waals surface area contributed by atoms with E-state index in [0.717, 1.165) is 18.4 Å². The van der Waals surface area contributed by atoms with Crippen molar-refractivity contribution in [3.63, 3.8) is 0 Å². The van der Waals surface area contributed by atoms with E-state index in [1.165, 1.54) is 0 Å². The Hall–Kier alpha value is -4.13. The molecular weight excluding hydrogens is 474 g/mol. The molecule has 8 N–H and O–H groups in total. The molecule has 0 aliphatic rings. The summed E-state index contributed by atoms with van der Waals surface area (Å²) < 4.78 is 6.71. The third kappa shape index (κ3) is 6.17. The number of carbonyl (C=O) groups excluding carboxylic acids is 2. The quantitative estimate of drug-likeness (QED) is 0.132. The van der Waals surface area contributed by atoms with Gasteiger partial charge in [-0.25, -0.2) is 9.61 Å². The number of nitrogens with one attached hydrogen (secondary N) is 2. The normalized spacial score (nSPS) is 12.0. The zero-order chi connectivity index (χ0) is 26.2. The first-order chi connectivity index (χ1) is 18.0. The van der Waals surface area contributed by atoms with Crippen LogP contribution >= 0.6 is 0 Å². The van der Waals surface area contributed by atoms with Crippen molar-refractivity contribution in [2.75, 3.05) is 30.3 Å². The van der Waals surface area contributed by atoms with E-state index in [2.05, 4.69) is 25.9 Å². The van der Waals surface area contributed by atoms with Gasteiger partial charge in [-0.2, -0.15) is 0 Å². The summed E-state index contributed by atoms with van der Waals surface area (Å²) >= 11 is 0. The molecule has 0 aliphatic carbocycles. The highest BCUT2D eigenvalue weighted by atomic mass is 16.6. The average Bonchev–Trinajstić information content (AvgIpc) is 3.52. The third-order valence-electron chi connectivity index (χ3n) is 5.87. The van der Waals surface area contributed by atoms with Crippen molar-refractivity contribution in [1.29, 1.82) is 0 Å². The van der Waals surface area contributed by atoms with E-state index in [-0.39, 0.29) is 18.2 Å². The molecule has 4 rings (SSSR count). The largest absolute Gasteiger partial charge is 0.364 e. The minimum absolute atomic E-state index is 0.0107. The molecule has 0 bridgehead atoms. The standard InChI is InChI=1S/C25H31N9O3/c26-12-4-3-5-18(28)25(36)30-17-10-8-16(9-11-17)21(35)15-34-20-7-2-1-6-19(20)31-24(34)22-23(29-14-13-27)33-37-32-22/h1-2,6-11,18H,3-5,12-15,26-28H2,(H,29,33)(H,30,36). The highest BCUT2D eigenvalue weighted by Gasteiger charge is 2.22. The van der Waals surface area contributed by atoms with E-state index in [0.29, 0.717) is 60.2 Å². The summed E-state index contributed by atoms with van der Waals surface area (Å²) in [4.78, 5) is 30.3. The van der Waals surface area contributed by atoms with Crippen LogP contribution in [0.5, 0.6) is 0 Å². The molecule has 2 heterocycles. The molecule has 0 saturated heterocycles. The van der Waals surface area contributed by atoms with Crippen LogP contribution < -0.4 is 27.8 Å². The first-order valence-corrected chi connectivity index (χ1v) is 12.1. The van der Waals surface area contributed by atoms with Crippen LogP contribution in [0.25, 0.3) is 22.6 Å². The van der Waals surface area contributed by atoms with Crippen LogP contribution in [0.3, 0.4) is 0 Å². The highest BCUT2D eigenvalue weighted by Crippen LogP contribution is 2.28. The van der Waals surface area contributed by atoms with E-state index in [4.69, 9.17) is 21.8 Å². The van der Waals surface area contributed by atoms with Crippen molar-refractivity contribution in [2.45, 2.75) is 31.8 Å². The van der Waals surface area contributed by atoms with Crippen LogP contribution in [-0.4, -0.2) is 57.2 Å². The number of unbranched alkanes of at least 4 members (excludes halogenated alkanes) is 1. The number of anilines is 2. The molecule has 12 nitrogen and oxygen atoms in total. The molecule has 37 heavy (non-hydrogen) atoms. The van der Waals surface area contributed by atoms with E-state index in [1.807, 2.05) is 24.3 Å². The summed E-state index contributed by atoms with van der Waals surface area (Å²) in [6.45, 7) is 1.46. The number of nitrogens with zero attached hydrogens (tertiary/aromatic N) is 4. The maximum Gasteiger partial charge on any atom is 0.241 e. The summed E-state index contributed by atoms with van der Waals surface area (Å²) in [6.07, 6.45) is 2.17. The number of benzene rings is 2. The SMILES string of the molecule is NCCCCC(N)C(=O)Nc1ccc(C(=O)Cn2c(-c3nonc3NCCN)nc3ccccc32)cc1. The number of hydrogen-bond acceptors (Lipinski definition) is 10. The molecule has 1 amide bonds. The van der Waals surface area contributed by atoms with Gasteiger partial charge in [-0.1, -0.05) is 18.6 Å². The molecule has 2 aromatic carbocycles. The van der Waals surface area contributed by atoms with Crippen LogP contribution in [-0.2, 0) is 11.3 Å². The number of aromatic nitrogens is 4. The van der Waals surface area contributed by atoms with Crippen LogP contribution in [0, 0.1) is 0 Å². The van der Waals surface area contributed by atoms with Gasteiger partial charge in [0.15, 0.2) is 17.3 Å². The van der Waals surface area contributed by atoms with Gasteiger partial charge in [-0.05, 0) is 66.1 Å². The van der Waals surface area contributed by atoms with Crippen molar-refractivity contribution >= 4 is 34.2 Å². The maximum absolute atomic E-state index is 13.3. The number of carbonyl (C=O) groups is 2. The zero-order valence-corrected chi connectivity index (χ0v) is 20.4. The van der Waals surface area contributed by atoms with E-state index in [1.54, 1.807) is 28.8 Å². The summed E-state index contributed by atoms with van der Waals surface area (Å²) in [5.41, 5.74) is 19.9. The lowest BCUT2D eigenvalue weighted by molar-refractivity contribution is -0.117. The van der Waals surface area contributed by atoms with Crippen molar-refractivity contribution < 1.29 is 14.2 Å². The Labute approximate surface area is 213 Å². The Bertz CT molecular complexity index is 1350. The second-order valence-corrected chi connectivity index (χ2v) is 8.57. The Balaban J connectivity index is 1.51. The molecule has 0 radical (unpaired) electrons. The number of rotatable bonds is 13. The second-order valence-electron chi connectivity index (χ2n) is 8.57. The minimum Gasteiger partial charge on any atom is -0.364 e. The smallest absolute Gasteiger partial charge is 0.241 e. The number of hydrogen-bond donors (Lipinski definition) is 5. The number of para-hydroxylation sites is 2. The summed E-state index contributed by atoms with van der Waals surface area (Å²) in [5.74, 6) is 0.429. The van der Waals surface area contributed by atoms with Crippen molar-refractivity contribution in [1.82, 2.24) is 19.9 Å². The predicted octanol–water partition coefficient (Wildman–Crippen LogP) is 1.73. The molecular formula is C25H31N9O3. The number of amides is 1. The van der Waals surface area contributed by atoms with Crippen molar-refractivity contribution in [3.8, 4) is 11.5 Å². The van der Waals surface area contributed by atoms with Gasteiger partial charge in [0, 0.05) is 24.3 Å². The monoisotopic (exact) mass is 505 g/mol. The molecule has 0 aliphatic heterocycles. The lowest BCUT2D eigenvalue weighted by Gasteiger charge is -2.12. The van der Waals surface area contributed by atoms with Gasteiger partial charge in [0.05, 0.1) is 23.6 Å². The fourth-order valence-electron chi connectivity index (χ4n) is 3.91. The summed E-state index contributed by atoms with van der Waals surface area (Å²) in [6, 6.07) is 13.6. The third-order valence-corrected chi connectivity index (χ3v) is 5.87.